The third-order valence-electron chi connectivity index (χ3n) is 4.94. The SMILES string of the molecule is COc1ccc(C2=NOC(C(C)O)C2)cc1OCCCCCc1ccccc1. The normalized spacial score (nSPS) is 17.0. The highest BCUT2D eigenvalue weighted by atomic mass is 16.7. The monoisotopic (exact) mass is 383 g/mol. The van der Waals surface area contributed by atoms with Gasteiger partial charge < -0.3 is 19.4 Å². The number of aliphatic hydroxyl groups excluding tert-OH is 1. The fourth-order valence-electron chi connectivity index (χ4n) is 3.23. The van der Waals surface area contributed by atoms with Gasteiger partial charge in [-0.05, 0) is 56.4 Å². The topological polar surface area (TPSA) is 60.3 Å². The number of hydrogen-bond acceptors (Lipinski definition) is 5. The molecule has 1 aliphatic rings. The van der Waals surface area contributed by atoms with Gasteiger partial charge in [-0.3, -0.25) is 0 Å². The van der Waals surface area contributed by atoms with E-state index in [2.05, 4.69) is 29.4 Å². The highest BCUT2D eigenvalue weighted by Crippen LogP contribution is 2.30. The average Bonchev–Trinajstić information content (AvgIpc) is 3.22. The summed E-state index contributed by atoms with van der Waals surface area (Å²) in [6, 6.07) is 16.3. The van der Waals surface area contributed by atoms with Crippen LogP contribution in [0.5, 0.6) is 11.5 Å². The van der Waals surface area contributed by atoms with Crippen molar-refractivity contribution in [2.45, 2.75) is 51.2 Å². The molecule has 1 N–H and O–H groups in total. The van der Waals surface area contributed by atoms with Crippen molar-refractivity contribution in [1.29, 1.82) is 0 Å². The van der Waals surface area contributed by atoms with Crippen LogP contribution in [0.15, 0.2) is 53.7 Å². The molecular formula is C23H29NO4. The van der Waals surface area contributed by atoms with Crippen molar-refractivity contribution in [3.8, 4) is 11.5 Å². The highest BCUT2D eigenvalue weighted by molar-refractivity contribution is 6.01. The zero-order valence-electron chi connectivity index (χ0n) is 16.6. The van der Waals surface area contributed by atoms with Crippen molar-refractivity contribution in [2.75, 3.05) is 13.7 Å². The van der Waals surface area contributed by atoms with Crippen LogP contribution in [-0.4, -0.2) is 36.7 Å². The molecule has 150 valence electrons. The third kappa shape index (κ3) is 5.49. The Balaban J connectivity index is 1.49. The maximum Gasteiger partial charge on any atom is 0.161 e. The lowest BCUT2D eigenvalue weighted by molar-refractivity contribution is -0.00780. The summed E-state index contributed by atoms with van der Waals surface area (Å²) in [5, 5.41) is 13.8. The Bertz CT molecular complexity index is 773. The second-order valence-corrected chi connectivity index (χ2v) is 7.14. The Morgan fingerprint density at radius 2 is 1.93 bits per heavy atom. The fraction of sp³-hybridized carbons (Fsp3) is 0.435. The summed E-state index contributed by atoms with van der Waals surface area (Å²) < 4.78 is 11.4. The molecule has 0 amide bonds. The van der Waals surface area contributed by atoms with Crippen molar-refractivity contribution < 1.29 is 19.4 Å². The van der Waals surface area contributed by atoms with Gasteiger partial charge in [-0.15, -0.1) is 0 Å². The van der Waals surface area contributed by atoms with Gasteiger partial charge in [0, 0.05) is 12.0 Å². The van der Waals surface area contributed by atoms with Crippen molar-refractivity contribution in [3.05, 3.63) is 59.7 Å². The van der Waals surface area contributed by atoms with Crippen LogP contribution in [0.25, 0.3) is 0 Å². The first-order valence-electron chi connectivity index (χ1n) is 9.93. The molecule has 28 heavy (non-hydrogen) atoms. The van der Waals surface area contributed by atoms with Crippen LogP contribution < -0.4 is 9.47 Å². The van der Waals surface area contributed by atoms with Gasteiger partial charge in [-0.25, -0.2) is 0 Å². The zero-order chi connectivity index (χ0) is 19.8. The van der Waals surface area contributed by atoms with E-state index in [1.165, 1.54) is 5.56 Å². The summed E-state index contributed by atoms with van der Waals surface area (Å²) in [6.07, 6.45) is 4.12. The smallest absolute Gasteiger partial charge is 0.161 e. The van der Waals surface area contributed by atoms with Crippen molar-refractivity contribution in [1.82, 2.24) is 0 Å². The Hall–Kier alpha value is -2.53. The third-order valence-corrected chi connectivity index (χ3v) is 4.94. The number of nitrogens with zero attached hydrogens (tertiary/aromatic N) is 1. The first kappa shape index (κ1) is 20.2. The summed E-state index contributed by atoms with van der Waals surface area (Å²) in [7, 11) is 1.64. The van der Waals surface area contributed by atoms with E-state index < -0.39 is 6.10 Å². The van der Waals surface area contributed by atoms with E-state index in [-0.39, 0.29) is 6.10 Å². The second kappa shape index (κ2) is 10.1. The van der Waals surface area contributed by atoms with Crippen molar-refractivity contribution in [3.63, 3.8) is 0 Å². The quantitative estimate of drug-likeness (QED) is 0.619. The molecule has 2 atom stereocenters. The summed E-state index contributed by atoms with van der Waals surface area (Å²) >= 11 is 0. The predicted octanol–water partition coefficient (Wildman–Crippen LogP) is 4.36. The highest BCUT2D eigenvalue weighted by Gasteiger charge is 2.26. The molecule has 3 rings (SSSR count). The summed E-state index contributed by atoms with van der Waals surface area (Å²) in [4.78, 5) is 5.31. The maximum absolute atomic E-state index is 9.67. The number of ether oxygens (including phenoxy) is 2. The van der Waals surface area contributed by atoms with E-state index in [9.17, 15) is 5.11 Å². The molecule has 2 aromatic rings. The number of aryl methyl sites for hydroxylation is 1. The van der Waals surface area contributed by atoms with Gasteiger partial charge in [0.1, 0.15) is 0 Å². The molecule has 5 heteroatoms. The van der Waals surface area contributed by atoms with Crippen LogP contribution in [-0.2, 0) is 11.3 Å². The maximum atomic E-state index is 9.67. The molecule has 0 radical (unpaired) electrons. The van der Waals surface area contributed by atoms with Crippen LogP contribution >= 0.6 is 0 Å². The lowest BCUT2D eigenvalue weighted by Gasteiger charge is -2.13. The number of unbranched alkanes of at least 4 members (excludes halogenated alkanes) is 2. The van der Waals surface area contributed by atoms with Crippen LogP contribution in [0.2, 0.25) is 0 Å². The first-order chi connectivity index (χ1) is 13.7. The van der Waals surface area contributed by atoms with Crippen LogP contribution in [0.4, 0.5) is 0 Å². The molecule has 0 fully saturated rings. The number of hydrogen-bond donors (Lipinski definition) is 1. The molecule has 1 heterocycles. The Morgan fingerprint density at radius 1 is 1.11 bits per heavy atom. The van der Waals surface area contributed by atoms with Gasteiger partial charge in [-0.1, -0.05) is 35.5 Å². The van der Waals surface area contributed by atoms with E-state index in [0.29, 0.717) is 24.5 Å². The van der Waals surface area contributed by atoms with Gasteiger partial charge in [0.2, 0.25) is 0 Å². The lowest BCUT2D eigenvalue weighted by atomic mass is 10.0. The largest absolute Gasteiger partial charge is 0.493 e. The number of aliphatic hydroxyl groups is 1. The predicted molar refractivity (Wildman–Crippen MR) is 110 cm³/mol. The molecule has 0 saturated heterocycles. The number of oxime groups is 1. The first-order valence-corrected chi connectivity index (χ1v) is 9.93. The molecule has 0 spiro atoms. The van der Waals surface area contributed by atoms with E-state index in [1.54, 1.807) is 14.0 Å². The average molecular weight is 383 g/mol. The lowest BCUT2D eigenvalue weighted by Crippen LogP contribution is -2.22. The minimum absolute atomic E-state index is 0.286. The van der Waals surface area contributed by atoms with E-state index in [0.717, 1.165) is 37.0 Å². The molecule has 5 nitrogen and oxygen atoms in total. The Kier molecular flexibility index (Phi) is 7.31. The van der Waals surface area contributed by atoms with Gasteiger partial charge in [-0.2, -0.15) is 0 Å². The van der Waals surface area contributed by atoms with Gasteiger partial charge in [0.15, 0.2) is 17.6 Å². The Morgan fingerprint density at radius 3 is 2.64 bits per heavy atom. The molecule has 1 aliphatic heterocycles. The molecule has 0 saturated carbocycles. The van der Waals surface area contributed by atoms with E-state index in [4.69, 9.17) is 14.3 Å². The van der Waals surface area contributed by atoms with Gasteiger partial charge in [0.05, 0.1) is 25.5 Å². The van der Waals surface area contributed by atoms with Crippen molar-refractivity contribution >= 4 is 5.71 Å². The molecule has 0 aliphatic carbocycles. The minimum Gasteiger partial charge on any atom is -0.493 e. The Labute approximate surface area is 166 Å². The van der Waals surface area contributed by atoms with Gasteiger partial charge in [0.25, 0.3) is 0 Å². The second-order valence-electron chi connectivity index (χ2n) is 7.14. The van der Waals surface area contributed by atoms with Crippen LogP contribution in [0.1, 0.15) is 43.7 Å². The van der Waals surface area contributed by atoms with Crippen LogP contribution in [0.3, 0.4) is 0 Å². The van der Waals surface area contributed by atoms with E-state index >= 15 is 0 Å². The molecule has 0 aromatic heterocycles. The number of rotatable bonds is 10. The standard InChI is InChI=1S/C23H29NO4/c1-17(25)22-16-20(24-28-22)19-12-13-21(26-2)23(15-19)27-14-8-4-7-11-18-9-5-3-6-10-18/h3,5-6,9-10,12-13,15,17,22,25H,4,7-8,11,14,16H2,1-2H3. The molecular weight excluding hydrogens is 354 g/mol. The van der Waals surface area contributed by atoms with E-state index in [1.807, 2.05) is 24.3 Å². The molecule has 2 unspecified atom stereocenters. The minimum atomic E-state index is -0.550. The summed E-state index contributed by atoms with van der Waals surface area (Å²) in [5.74, 6) is 1.42. The zero-order valence-corrected chi connectivity index (χ0v) is 16.6. The summed E-state index contributed by atoms with van der Waals surface area (Å²) in [6.45, 7) is 2.36. The van der Waals surface area contributed by atoms with Crippen molar-refractivity contribution in [2.24, 2.45) is 5.16 Å². The van der Waals surface area contributed by atoms with Gasteiger partial charge >= 0.3 is 0 Å². The van der Waals surface area contributed by atoms with Crippen LogP contribution in [0, 0.1) is 0 Å². The molecule has 2 aromatic carbocycles. The molecule has 0 bridgehead atoms. The fourth-order valence-corrected chi connectivity index (χ4v) is 3.23. The number of methoxy groups -OCH3 is 1. The number of benzene rings is 2. The summed E-state index contributed by atoms with van der Waals surface area (Å²) in [5.41, 5.74) is 3.14.